The Kier molecular flexibility index (Phi) is 2.94. The van der Waals surface area contributed by atoms with Crippen LogP contribution >= 0.6 is 22.6 Å². The molecule has 1 heterocycles. The minimum atomic E-state index is -0.986. The number of hydrogen-bond donors (Lipinski definition) is 1. The highest BCUT2D eigenvalue weighted by Gasteiger charge is 2.15. The largest absolute Gasteiger partial charge is 0.478 e. The normalized spacial score (nSPS) is 10.8. The van der Waals surface area contributed by atoms with Gasteiger partial charge < -0.3 is 5.11 Å². The van der Waals surface area contributed by atoms with Crippen LogP contribution in [-0.4, -0.2) is 26.1 Å². The number of carboxylic acid groups (broad SMARTS) is 1. The molecule has 0 fully saturated rings. The Morgan fingerprint density at radius 2 is 1.89 bits per heavy atom. The molecule has 6 heteroatoms. The van der Waals surface area contributed by atoms with Gasteiger partial charge in [0.15, 0.2) is 0 Å². The van der Waals surface area contributed by atoms with Gasteiger partial charge in [-0.25, -0.2) is 9.48 Å². The van der Waals surface area contributed by atoms with Crippen LogP contribution in [0.15, 0.2) is 42.5 Å². The summed E-state index contributed by atoms with van der Waals surface area (Å²) < 4.78 is 2.65. The predicted molar refractivity (Wildman–Crippen MR) is 78.5 cm³/mol. The van der Waals surface area contributed by atoms with Crippen LogP contribution in [-0.2, 0) is 0 Å². The van der Waals surface area contributed by atoms with Gasteiger partial charge in [0.25, 0.3) is 0 Å². The lowest BCUT2D eigenvalue weighted by molar-refractivity contribution is 0.0698. The topological polar surface area (TPSA) is 68.0 Å². The summed E-state index contributed by atoms with van der Waals surface area (Å²) in [6.07, 6.45) is 0. The van der Waals surface area contributed by atoms with E-state index in [9.17, 15) is 9.90 Å². The number of carbonyl (C=O) groups is 1. The summed E-state index contributed by atoms with van der Waals surface area (Å²) in [5.41, 5.74) is 2.06. The fourth-order valence-electron chi connectivity index (χ4n) is 1.91. The molecule has 0 radical (unpaired) electrons. The zero-order valence-electron chi connectivity index (χ0n) is 9.62. The zero-order chi connectivity index (χ0) is 13.4. The minimum absolute atomic E-state index is 0.195. The van der Waals surface area contributed by atoms with Crippen LogP contribution in [0, 0.1) is 3.57 Å². The lowest BCUT2D eigenvalue weighted by Crippen LogP contribution is -2.03. The van der Waals surface area contributed by atoms with E-state index >= 15 is 0 Å². The Hall–Kier alpha value is -1.96. The fourth-order valence-corrected chi connectivity index (χ4v) is 2.27. The molecule has 1 aromatic heterocycles. The van der Waals surface area contributed by atoms with E-state index < -0.39 is 5.97 Å². The molecule has 3 aromatic rings. The van der Waals surface area contributed by atoms with Gasteiger partial charge in [0.1, 0.15) is 11.0 Å². The third-order valence-corrected chi connectivity index (χ3v) is 3.49. The van der Waals surface area contributed by atoms with Gasteiger partial charge in [0, 0.05) is 3.57 Å². The monoisotopic (exact) mass is 365 g/mol. The standard InChI is InChI=1S/C13H8IN3O2/c14-8-4-6-9(7-5-8)17-12-10(13(18)19)2-1-3-11(12)15-16-17/h1-7H,(H,18,19). The zero-order valence-corrected chi connectivity index (χ0v) is 11.8. The van der Waals surface area contributed by atoms with Crippen LogP contribution in [0.2, 0.25) is 0 Å². The smallest absolute Gasteiger partial charge is 0.337 e. The van der Waals surface area contributed by atoms with Crippen molar-refractivity contribution in [2.24, 2.45) is 0 Å². The SMILES string of the molecule is O=C(O)c1cccc2nnn(-c3ccc(I)cc3)c12. The van der Waals surface area contributed by atoms with Crippen molar-refractivity contribution in [2.75, 3.05) is 0 Å². The quantitative estimate of drug-likeness (QED) is 0.710. The number of benzene rings is 2. The molecule has 0 unspecified atom stereocenters. The number of hydrogen-bond acceptors (Lipinski definition) is 3. The molecule has 19 heavy (non-hydrogen) atoms. The van der Waals surface area contributed by atoms with Gasteiger partial charge in [0.05, 0.1) is 11.3 Å². The lowest BCUT2D eigenvalue weighted by Gasteiger charge is -2.04. The van der Waals surface area contributed by atoms with Gasteiger partial charge in [-0.1, -0.05) is 11.3 Å². The molecular weight excluding hydrogens is 357 g/mol. The molecule has 0 saturated carbocycles. The summed E-state index contributed by atoms with van der Waals surface area (Å²) in [5, 5.41) is 17.3. The predicted octanol–water partition coefficient (Wildman–Crippen LogP) is 2.72. The Morgan fingerprint density at radius 3 is 2.58 bits per heavy atom. The number of halogens is 1. The van der Waals surface area contributed by atoms with Crippen molar-refractivity contribution in [3.05, 3.63) is 51.6 Å². The van der Waals surface area contributed by atoms with Gasteiger partial charge >= 0.3 is 5.97 Å². The number of para-hydroxylation sites is 1. The number of rotatable bonds is 2. The first-order valence-electron chi connectivity index (χ1n) is 5.50. The number of nitrogens with zero attached hydrogens (tertiary/aromatic N) is 3. The van der Waals surface area contributed by atoms with Gasteiger partial charge in [-0.2, -0.15) is 0 Å². The average Bonchev–Trinajstić information content (AvgIpc) is 2.83. The number of aromatic carboxylic acids is 1. The second-order valence-corrected chi connectivity index (χ2v) is 5.20. The lowest BCUT2D eigenvalue weighted by atomic mass is 10.2. The van der Waals surface area contributed by atoms with Crippen LogP contribution < -0.4 is 0 Å². The summed E-state index contributed by atoms with van der Waals surface area (Å²) in [4.78, 5) is 11.3. The van der Waals surface area contributed by atoms with Crippen LogP contribution in [0.4, 0.5) is 0 Å². The molecule has 0 aliphatic rings. The maximum atomic E-state index is 11.3. The Labute approximate surface area is 122 Å². The second-order valence-electron chi connectivity index (χ2n) is 3.96. The van der Waals surface area contributed by atoms with Crippen molar-refractivity contribution in [3.63, 3.8) is 0 Å². The van der Waals surface area contributed by atoms with E-state index in [2.05, 4.69) is 32.9 Å². The summed E-state index contributed by atoms with van der Waals surface area (Å²) in [7, 11) is 0. The summed E-state index contributed by atoms with van der Waals surface area (Å²) in [6, 6.07) is 12.6. The van der Waals surface area contributed by atoms with Gasteiger partial charge in [-0.15, -0.1) is 5.10 Å². The van der Waals surface area contributed by atoms with E-state index in [1.807, 2.05) is 24.3 Å². The second kappa shape index (κ2) is 4.61. The highest BCUT2D eigenvalue weighted by atomic mass is 127. The Balaban J connectivity index is 2.30. The van der Waals surface area contributed by atoms with Crippen LogP contribution in [0.3, 0.4) is 0 Å². The third-order valence-electron chi connectivity index (χ3n) is 2.77. The molecule has 0 amide bonds. The first-order valence-corrected chi connectivity index (χ1v) is 6.58. The van der Waals surface area contributed by atoms with Crippen molar-refractivity contribution < 1.29 is 9.90 Å². The average molecular weight is 365 g/mol. The Bertz CT molecular complexity index is 765. The van der Waals surface area contributed by atoms with Crippen LogP contribution in [0.25, 0.3) is 16.7 Å². The molecule has 0 saturated heterocycles. The first-order chi connectivity index (χ1) is 9.16. The minimum Gasteiger partial charge on any atom is -0.478 e. The molecule has 0 spiro atoms. The van der Waals surface area contributed by atoms with E-state index in [0.29, 0.717) is 11.0 Å². The molecule has 0 bridgehead atoms. The Morgan fingerprint density at radius 1 is 1.16 bits per heavy atom. The summed E-state index contributed by atoms with van der Waals surface area (Å²) in [6.45, 7) is 0. The molecule has 1 N–H and O–H groups in total. The summed E-state index contributed by atoms with van der Waals surface area (Å²) in [5.74, 6) is -0.986. The summed E-state index contributed by atoms with van der Waals surface area (Å²) >= 11 is 2.21. The molecule has 3 rings (SSSR count). The van der Waals surface area contributed by atoms with Gasteiger partial charge in [-0.3, -0.25) is 0 Å². The maximum Gasteiger partial charge on any atom is 0.337 e. The van der Waals surface area contributed by atoms with Gasteiger partial charge in [0.2, 0.25) is 0 Å². The maximum absolute atomic E-state index is 11.3. The number of carboxylic acids is 1. The van der Waals surface area contributed by atoms with Crippen molar-refractivity contribution >= 4 is 39.6 Å². The highest BCUT2D eigenvalue weighted by molar-refractivity contribution is 14.1. The molecular formula is C13H8IN3O2. The van der Waals surface area contributed by atoms with E-state index in [4.69, 9.17) is 0 Å². The molecule has 0 aliphatic carbocycles. The molecule has 2 aromatic carbocycles. The molecule has 0 aliphatic heterocycles. The van der Waals surface area contributed by atoms with Crippen molar-refractivity contribution in [2.45, 2.75) is 0 Å². The number of aromatic nitrogens is 3. The van der Waals surface area contributed by atoms with Crippen LogP contribution in [0.5, 0.6) is 0 Å². The molecule has 5 nitrogen and oxygen atoms in total. The van der Waals surface area contributed by atoms with E-state index in [0.717, 1.165) is 9.26 Å². The van der Waals surface area contributed by atoms with Crippen molar-refractivity contribution in [1.29, 1.82) is 0 Å². The van der Waals surface area contributed by atoms with Gasteiger partial charge in [-0.05, 0) is 59.0 Å². The first kappa shape index (κ1) is 12.1. The fraction of sp³-hybridized carbons (Fsp3) is 0. The molecule has 94 valence electrons. The van der Waals surface area contributed by atoms with Crippen molar-refractivity contribution in [3.8, 4) is 5.69 Å². The van der Waals surface area contributed by atoms with E-state index in [1.165, 1.54) is 0 Å². The third kappa shape index (κ3) is 2.07. The van der Waals surface area contributed by atoms with Crippen LogP contribution in [0.1, 0.15) is 10.4 Å². The highest BCUT2D eigenvalue weighted by Crippen LogP contribution is 2.21. The van der Waals surface area contributed by atoms with E-state index in [1.54, 1.807) is 22.9 Å². The number of fused-ring (bicyclic) bond motifs is 1. The van der Waals surface area contributed by atoms with E-state index in [-0.39, 0.29) is 5.56 Å². The van der Waals surface area contributed by atoms with Crippen molar-refractivity contribution in [1.82, 2.24) is 15.0 Å². The molecule has 0 atom stereocenters.